The molecule has 1 aromatic rings. The van der Waals surface area contributed by atoms with Crippen molar-refractivity contribution in [2.75, 3.05) is 25.4 Å². The van der Waals surface area contributed by atoms with Gasteiger partial charge in [-0.25, -0.2) is 12.7 Å². The van der Waals surface area contributed by atoms with Crippen molar-refractivity contribution in [2.45, 2.75) is 46.0 Å². The number of carbonyl (C=O) groups excluding carboxylic acids is 1. The molecule has 25 heavy (non-hydrogen) atoms. The Labute approximate surface area is 151 Å². The maximum Gasteiger partial charge on any atom is 0.223 e. The number of rotatable bonds is 8. The standard InChI is InChI=1S/C19H30N2O3S/c1-3-4-14-25(23,24)21-12-9-18(10-13-21)19(22)20-11-8-17-7-5-6-16(2)15-17/h5-7,15,18H,3-4,8-14H2,1-2H3,(H,20,22). The SMILES string of the molecule is CCCCS(=O)(=O)N1CCC(C(=O)NCCc2cccc(C)c2)CC1. The van der Waals surface area contributed by atoms with Gasteiger partial charge >= 0.3 is 0 Å². The van der Waals surface area contributed by atoms with Crippen molar-refractivity contribution in [3.8, 4) is 0 Å². The molecule has 1 amide bonds. The van der Waals surface area contributed by atoms with Crippen LogP contribution in [-0.2, 0) is 21.2 Å². The summed E-state index contributed by atoms with van der Waals surface area (Å²) in [6, 6.07) is 8.29. The van der Waals surface area contributed by atoms with Crippen LogP contribution >= 0.6 is 0 Å². The largest absolute Gasteiger partial charge is 0.356 e. The van der Waals surface area contributed by atoms with E-state index in [2.05, 4.69) is 30.4 Å². The first-order valence-electron chi connectivity index (χ1n) is 9.23. The monoisotopic (exact) mass is 366 g/mol. The van der Waals surface area contributed by atoms with Crippen molar-refractivity contribution >= 4 is 15.9 Å². The summed E-state index contributed by atoms with van der Waals surface area (Å²) < 4.78 is 26.0. The zero-order chi connectivity index (χ0) is 18.3. The van der Waals surface area contributed by atoms with Gasteiger partial charge < -0.3 is 5.32 Å². The molecule has 0 aliphatic carbocycles. The molecule has 0 saturated carbocycles. The molecule has 0 atom stereocenters. The fourth-order valence-electron chi connectivity index (χ4n) is 3.19. The van der Waals surface area contributed by atoms with E-state index >= 15 is 0 Å². The highest BCUT2D eigenvalue weighted by Gasteiger charge is 2.30. The summed E-state index contributed by atoms with van der Waals surface area (Å²) in [5.74, 6) is 0.199. The fraction of sp³-hybridized carbons (Fsp3) is 0.632. The zero-order valence-electron chi connectivity index (χ0n) is 15.3. The van der Waals surface area contributed by atoms with Gasteiger partial charge in [-0.05, 0) is 38.2 Å². The lowest BCUT2D eigenvalue weighted by atomic mass is 9.97. The van der Waals surface area contributed by atoms with Crippen LogP contribution in [-0.4, -0.2) is 44.0 Å². The van der Waals surface area contributed by atoms with E-state index in [4.69, 9.17) is 0 Å². The molecule has 1 aromatic carbocycles. The predicted octanol–water partition coefficient (Wildman–Crippen LogP) is 2.50. The third-order valence-electron chi connectivity index (χ3n) is 4.77. The number of amides is 1. The second kappa shape index (κ2) is 9.34. The number of nitrogens with one attached hydrogen (secondary N) is 1. The minimum atomic E-state index is -3.15. The number of aryl methyl sites for hydroxylation is 1. The molecular weight excluding hydrogens is 336 g/mol. The van der Waals surface area contributed by atoms with Gasteiger partial charge in [0.15, 0.2) is 0 Å². The minimum absolute atomic E-state index is 0.0539. The average Bonchev–Trinajstić information content (AvgIpc) is 2.60. The van der Waals surface area contributed by atoms with Gasteiger partial charge in [0.25, 0.3) is 0 Å². The average molecular weight is 367 g/mol. The lowest BCUT2D eigenvalue weighted by Gasteiger charge is -2.30. The molecule has 0 bridgehead atoms. The number of sulfonamides is 1. The van der Waals surface area contributed by atoms with Crippen molar-refractivity contribution < 1.29 is 13.2 Å². The molecule has 0 spiro atoms. The van der Waals surface area contributed by atoms with E-state index in [1.54, 1.807) is 4.31 Å². The Morgan fingerprint density at radius 3 is 2.64 bits per heavy atom. The maximum atomic E-state index is 12.3. The third-order valence-corrected chi connectivity index (χ3v) is 6.73. The Morgan fingerprint density at radius 1 is 1.28 bits per heavy atom. The second-order valence-electron chi connectivity index (χ2n) is 6.87. The third kappa shape index (κ3) is 6.12. The minimum Gasteiger partial charge on any atom is -0.356 e. The quantitative estimate of drug-likeness (QED) is 0.769. The van der Waals surface area contributed by atoms with Gasteiger partial charge in [0.2, 0.25) is 15.9 Å². The molecule has 1 heterocycles. The number of nitrogens with zero attached hydrogens (tertiary/aromatic N) is 1. The second-order valence-corrected chi connectivity index (χ2v) is 8.96. The van der Waals surface area contributed by atoms with Crippen molar-refractivity contribution in [1.82, 2.24) is 9.62 Å². The van der Waals surface area contributed by atoms with Gasteiger partial charge in [-0.3, -0.25) is 4.79 Å². The summed E-state index contributed by atoms with van der Waals surface area (Å²) in [6.07, 6.45) is 3.61. The topological polar surface area (TPSA) is 66.5 Å². The van der Waals surface area contributed by atoms with Gasteiger partial charge in [-0.15, -0.1) is 0 Å². The van der Waals surface area contributed by atoms with E-state index in [1.165, 1.54) is 11.1 Å². The van der Waals surface area contributed by atoms with Gasteiger partial charge in [0.05, 0.1) is 5.75 Å². The van der Waals surface area contributed by atoms with Gasteiger partial charge in [0.1, 0.15) is 0 Å². The highest BCUT2D eigenvalue weighted by Crippen LogP contribution is 2.20. The number of hydrogen-bond donors (Lipinski definition) is 1. The molecule has 0 aromatic heterocycles. The zero-order valence-corrected chi connectivity index (χ0v) is 16.1. The summed E-state index contributed by atoms with van der Waals surface area (Å²) in [6.45, 7) is 5.59. The molecule has 2 rings (SSSR count). The molecule has 1 aliphatic rings. The normalized spacial score (nSPS) is 16.7. The lowest BCUT2D eigenvalue weighted by molar-refractivity contribution is -0.126. The van der Waals surface area contributed by atoms with E-state index in [1.807, 2.05) is 13.0 Å². The van der Waals surface area contributed by atoms with E-state index in [-0.39, 0.29) is 17.6 Å². The van der Waals surface area contributed by atoms with Crippen LogP contribution in [0.4, 0.5) is 0 Å². The first kappa shape index (κ1) is 19.9. The molecule has 1 aliphatic heterocycles. The van der Waals surface area contributed by atoms with Crippen molar-refractivity contribution in [1.29, 1.82) is 0 Å². The fourth-order valence-corrected chi connectivity index (χ4v) is 4.87. The van der Waals surface area contributed by atoms with Crippen LogP contribution in [0, 0.1) is 12.8 Å². The molecule has 1 N–H and O–H groups in total. The number of unbranched alkanes of at least 4 members (excludes halogenated alkanes) is 1. The van der Waals surface area contributed by atoms with Crippen molar-refractivity contribution in [3.63, 3.8) is 0 Å². The Kier molecular flexibility index (Phi) is 7.44. The van der Waals surface area contributed by atoms with Gasteiger partial charge in [0, 0.05) is 25.6 Å². The molecule has 6 heteroatoms. The molecular formula is C19H30N2O3S. The van der Waals surface area contributed by atoms with Gasteiger partial charge in [-0.1, -0.05) is 43.2 Å². The number of hydrogen-bond acceptors (Lipinski definition) is 3. The Hall–Kier alpha value is -1.40. The Balaban J connectivity index is 1.74. The summed E-state index contributed by atoms with van der Waals surface area (Å²) >= 11 is 0. The molecule has 140 valence electrons. The lowest BCUT2D eigenvalue weighted by Crippen LogP contribution is -2.44. The predicted molar refractivity (Wildman–Crippen MR) is 101 cm³/mol. The highest BCUT2D eigenvalue weighted by atomic mass is 32.2. The maximum absolute atomic E-state index is 12.3. The molecule has 0 unspecified atom stereocenters. The number of piperidine rings is 1. The molecule has 5 nitrogen and oxygen atoms in total. The van der Waals surface area contributed by atoms with E-state index in [0.717, 1.165) is 12.8 Å². The van der Waals surface area contributed by atoms with Crippen LogP contribution in [0.2, 0.25) is 0 Å². The van der Waals surface area contributed by atoms with Crippen LogP contribution in [0.15, 0.2) is 24.3 Å². The van der Waals surface area contributed by atoms with Crippen molar-refractivity contribution in [3.05, 3.63) is 35.4 Å². The molecule has 1 fully saturated rings. The summed E-state index contributed by atoms with van der Waals surface area (Å²) in [5, 5.41) is 3.00. The van der Waals surface area contributed by atoms with Crippen LogP contribution in [0.25, 0.3) is 0 Å². The van der Waals surface area contributed by atoms with Gasteiger partial charge in [-0.2, -0.15) is 0 Å². The molecule has 0 radical (unpaired) electrons. The van der Waals surface area contributed by atoms with Crippen LogP contribution in [0.3, 0.4) is 0 Å². The summed E-state index contributed by atoms with van der Waals surface area (Å²) in [7, 11) is -3.15. The number of benzene rings is 1. The van der Waals surface area contributed by atoms with E-state index in [9.17, 15) is 13.2 Å². The molecule has 1 saturated heterocycles. The smallest absolute Gasteiger partial charge is 0.223 e. The van der Waals surface area contributed by atoms with Crippen molar-refractivity contribution in [2.24, 2.45) is 5.92 Å². The Morgan fingerprint density at radius 2 is 2.00 bits per heavy atom. The number of carbonyl (C=O) groups is 1. The van der Waals surface area contributed by atoms with Crippen LogP contribution in [0.1, 0.15) is 43.7 Å². The summed E-state index contributed by atoms with van der Waals surface area (Å²) in [5.41, 5.74) is 2.44. The Bertz CT molecular complexity index is 665. The summed E-state index contributed by atoms with van der Waals surface area (Å²) in [4.78, 5) is 12.3. The van der Waals surface area contributed by atoms with E-state index in [0.29, 0.717) is 38.9 Å². The van der Waals surface area contributed by atoms with E-state index < -0.39 is 10.0 Å². The first-order chi connectivity index (χ1) is 11.9. The first-order valence-corrected chi connectivity index (χ1v) is 10.8. The highest BCUT2D eigenvalue weighted by molar-refractivity contribution is 7.89. The van der Waals surface area contributed by atoms with Crippen LogP contribution < -0.4 is 5.32 Å². The van der Waals surface area contributed by atoms with Crippen LogP contribution in [0.5, 0.6) is 0 Å².